The van der Waals surface area contributed by atoms with Crippen molar-refractivity contribution in [3.05, 3.63) is 35.4 Å². The minimum Gasteiger partial charge on any atom is -0.386 e. The number of β-amino-alcohol motifs (C(OH)–C–C–N with tert-alkyl or cyclic N) is 1. The quantitative estimate of drug-likeness (QED) is 0.843. The second-order valence-corrected chi connectivity index (χ2v) is 6.36. The van der Waals surface area contributed by atoms with Crippen LogP contribution in [0.3, 0.4) is 0 Å². The van der Waals surface area contributed by atoms with E-state index in [1.807, 2.05) is 26.0 Å². The highest BCUT2D eigenvalue weighted by Gasteiger charge is 2.47. The summed E-state index contributed by atoms with van der Waals surface area (Å²) in [6.07, 6.45) is 0.742. The van der Waals surface area contributed by atoms with Crippen LogP contribution in [-0.4, -0.2) is 40.6 Å². The Bertz CT molecular complexity index is 521. The molecule has 2 aliphatic heterocycles. The maximum absolute atomic E-state index is 12.5. The number of hydrogen-bond donors (Lipinski definition) is 2. The fourth-order valence-electron chi connectivity index (χ4n) is 2.99. The van der Waals surface area contributed by atoms with Crippen molar-refractivity contribution in [2.24, 2.45) is 5.92 Å². The van der Waals surface area contributed by atoms with Crippen LogP contribution in [0.4, 0.5) is 0 Å². The second kappa shape index (κ2) is 4.86. The molecule has 108 valence electrons. The first kappa shape index (κ1) is 13.6. The summed E-state index contributed by atoms with van der Waals surface area (Å²) < 4.78 is 0. The van der Waals surface area contributed by atoms with Crippen molar-refractivity contribution in [3.8, 4) is 0 Å². The van der Waals surface area contributed by atoms with Gasteiger partial charge in [0.2, 0.25) is 5.91 Å². The van der Waals surface area contributed by atoms with E-state index in [4.69, 9.17) is 0 Å². The summed E-state index contributed by atoms with van der Waals surface area (Å²) in [5, 5.41) is 13.6. The lowest BCUT2D eigenvalue weighted by Crippen LogP contribution is -2.68. The summed E-state index contributed by atoms with van der Waals surface area (Å²) in [7, 11) is 0. The minimum atomic E-state index is -0.692. The SMILES string of the molecule is CC(C)C1(O)CN(C(=O)C2Cc3ccccc3CN2)C1. The van der Waals surface area contributed by atoms with Crippen molar-refractivity contribution >= 4 is 5.91 Å². The molecule has 0 aliphatic carbocycles. The number of likely N-dealkylation sites (tertiary alicyclic amines) is 1. The van der Waals surface area contributed by atoms with E-state index < -0.39 is 5.60 Å². The Kier molecular flexibility index (Phi) is 3.30. The van der Waals surface area contributed by atoms with Gasteiger partial charge in [0.05, 0.1) is 19.1 Å². The van der Waals surface area contributed by atoms with Gasteiger partial charge in [-0.25, -0.2) is 0 Å². The predicted molar refractivity (Wildman–Crippen MR) is 77.1 cm³/mol. The van der Waals surface area contributed by atoms with E-state index >= 15 is 0 Å². The number of hydrogen-bond acceptors (Lipinski definition) is 3. The van der Waals surface area contributed by atoms with E-state index in [0.717, 1.165) is 13.0 Å². The molecule has 4 nitrogen and oxygen atoms in total. The molecule has 2 aliphatic rings. The molecule has 4 heteroatoms. The molecule has 0 saturated carbocycles. The van der Waals surface area contributed by atoms with Crippen LogP contribution < -0.4 is 5.32 Å². The van der Waals surface area contributed by atoms with Crippen LogP contribution in [0.2, 0.25) is 0 Å². The van der Waals surface area contributed by atoms with E-state index in [0.29, 0.717) is 13.1 Å². The average molecular weight is 274 g/mol. The van der Waals surface area contributed by atoms with E-state index in [1.54, 1.807) is 4.90 Å². The average Bonchev–Trinajstić information content (AvgIpc) is 2.42. The van der Waals surface area contributed by atoms with Gasteiger partial charge in [-0.3, -0.25) is 4.79 Å². The molecule has 1 unspecified atom stereocenters. The molecule has 2 heterocycles. The Morgan fingerprint density at radius 1 is 1.35 bits per heavy atom. The first-order valence-electron chi connectivity index (χ1n) is 7.31. The molecular formula is C16H22N2O2. The number of aliphatic hydroxyl groups is 1. The predicted octanol–water partition coefficient (Wildman–Crippen LogP) is 0.930. The number of nitrogens with one attached hydrogen (secondary N) is 1. The maximum atomic E-state index is 12.5. The van der Waals surface area contributed by atoms with Gasteiger partial charge in [0.1, 0.15) is 5.60 Å². The van der Waals surface area contributed by atoms with Gasteiger partial charge in [-0.15, -0.1) is 0 Å². The molecule has 0 aromatic heterocycles. The molecule has 1 aromatic rings. The summed E-state index contributed by atoms with van der Waals surface area (Å²) in [4.78, 5) is 14.2. The Labute approximate surface area is 119 Å². The van der Waals surface area contributed by atoms with Crippen LogP contribution in [0.5, 0.6) is 0 Å². The Morgan fingerprint density at radius 2 is 2.00 bits per heavy atom. The highest BCUT2D eigenvalue weighted by molar-refractivity contribution is 5.83. The number of rotatable bonds is 2. The molecular weight excluding hydrogens is 252 g/mol. The third kappa shape index (κ3) is 2.23. The summed E-state index contributed by atoms with van der Waals surface area (Å²) in [6, 6.07) is 8.09. The normalized spacial score (nSPS) is 24.2. The molecule has 1 aromatic carbocycles. The molecule has 2 N–H and O–H groups in total. The van der Waals surface area contributed by atoms with Gasteiger partial charge in [-0.1, -0.05) is 38.1 Å². The Morgan fingerprint density at radius 3 is 2.65 bits per heavy atom. The van der Waals surface area contributed by atoms with E-state index in [2.05, 4.69) is 17.4 Å². The van der Waals surface area contributed by atoms with Gasteiger partial charge in [0.25, 0.3) is 0 Å². The van der Waals surface area contributed by atoms with Crippen molar-refractivity contribution < 1.29 is 9.90 Å². The molecule has 1 atom stereocenters. The lowest BCUT2D eigenvalue weighted by Gasteiger charge is -2.50. The zero-order chi connectivity index (χ0) is 14.3. The second-order valence-electron chi connectivity index (χ2n) is 6.36. The highest BCUT2D eigenvalue weighted by atomic mass is 16.3. The number of carbonyl (C=O) groups excluding carboxylic acids is 1. The standard InChI is InChI=1S/C16H22N2O2/c1-11(2)16(20)9-18(10-16)15(19)14-7-12-5-3-4-6-13(12)8-17-14/h3-6,11,14,17,20H,7-10H2,1-2H3. The van der Waals surface area contributed by atoms with Crippen LogP contribution in [0.15, 0.2) is 24.3 Å². The zero-order valence-corrected chi connectivity index (χ0v) is 12.1. The molecule has 0 spiro atoms. The van der Waals surface area contributed by atoms with E-state index in [1.165, 1.54) is 11.1 Å². The first-order chi connectivity index (χ1) is 9.49. The zero-order valence-electron chi connectivity index (χ0n) is 12.1. The van der Waals surface area contributed by atoms with Crippen molar-refractivity contribution in [1.29, 1.82) is 0 Å². The number of benzene rings is 1. The number of fused-ring (bicyclic) bond motifs is 1. The number of carbonyl (C=O) groups is 1. The maximum Gasteiger partial charge on any atom is 0.240 e. The van der Waals surface area contributed by atoms with Crippen molar-refractivity contribution in [1.82, 2.24) is 10.2 Å². The smallest absolute Gasteiger partial charge is 0.240 e. The van der Waals surface area contributed by atoms with Gasteiger partial charge < -0.3 is 15.3 Å². The molecule has 3 rings (SSSR count). The molecule has 0 bridgehead atoms. The lowest BCUT2D eigenvalue weighted by molar-refractivity contribution is -0.165. The minimum absolute atomic E-state index is 0.116. The summed E-state index contributed by atoms with van der Waals surface area (Å²) in [5.74, 6) is 0.302. The monoisotopic (exact) mass is 274 g/mol. The van der Waals surface area contributed by atoms with Gasteiger partial charge >= 0.3 is 0 Å². The van der Waals surface area contributed by atoms with Gasteiger partial charge in [-0.2, -0.15) is 0 Å². The molecule has 1 saturated heterocycles. The van der Waals surface area contributed by atoms with Gasteiger partial charge in [0, 0.05) is 6.54 Å². The summed E-state index contributed by atoms with van der Waals surface area (Å²) >= 11 is 0. The summed E-state index contributed by atoms with van der Waals surface area (Å²) in [6.45, 7) is 5.66. The van der Waals surface area contributed by atoms with Crippen LogP contribution in [-0.2, 0) is 17.8 Å². The Balaban J connectivity index is 1.64. The molecule has 0 radical (unpaired) electrons. The highest BCUT2D eigenvalue weighted by Crippen LogP contribution is 2.29. The van der Waals surface area contributed by atoms with Crippen LogP contribution in [0, 0.1) is 5.92 Å². The molecule has 1 amide bonds. The van der Waals surface area contributed by atoms with Crippen molar-refractivity contribution in [2.45, 2.75) is 38.5 Å². The van der Waals surface area contributed by atoms with Crippen molar-refractivity contribution in [3.63, 3.8) is 0 Å². The third-order valence-electron chi connectivity index (χ3n) is 4.70. The topological polar surface area (TPSA) is 52.6 Å². The van der Waals surface area contributed by atoms with Crippen LogP contribution >= 0.6 is 0 Å². The number of nitrogens with zero attached hydrogens (tertiary/aromatic N) is 1. The molecule has 1 fully saturated rings. The fourth-order valence-corrected chi connectivity index (χ4v) is 2.99. The first-order valence-corrected chi connectivity index (χ1v) is 7.31. The largest absolute Gasteiger partial charge is 0.386 e. The van der Waals surface area contributed by atoms with Gasteiger partial charge in [0.15, 0.2) is 0 Å². The van der Waals surface area contributed by atoms with E-state index in [9.17, 15) is 9.90 Å². The van der Waals surface area contributed by atoms with Crippen LogP contribution in [0.1, 0.15) is 25.0 Å². The molecule has 20 heavy (non-hydrogen) atoms. The summed E-state index contributed by atoms with van der Waals surface area (Å²) in [5.41, 5.74) is 1.84. The third-order valence-corrected chi connectivity index (χ3v) is 4.70. The Hall–Kier alpha value is -1.39. The number of amides is 1. The van der Waals surface area contributed by atoms with E-state index in [-0.39, 0.29) is 17.9 Å². The fraction of sp³-hybridized carbons (Fsp3) is 0.562. The van der Waals surface area contributed by atoms with Crippen molar-refractivity contribution in [2.75, 3.05) is 13.1 Å². The lowest BCUT2D eigenvalue weighted by atomic mass is 9.82. The van der Waals surface area contributed by atoms with Gasteiger partial charge in [-0.05, 0) is 23.5 Å². The van der Waals surface area contributed by atoms with Crippen LogP contribution in [0.25, 0.3) is 0 Å².